The quantitative estimate of drug-likeness (QED) is 0.873. The molecule has 0 unspecified atom stereocenters. The number of hydrogen-bond donors (Lipinski definition) is 1. The molecular formula is C17H22N2O2S. The Kier molecular flexibility index (Phi) is 5.16. The monoisotopic (exact) mass is 318 g/mol. The minimum Gasteiger partial charge on any atom is -0.472 e. The first kappa shape index (κ1) is 15.2. The van der Waals surface area contributed by atoms with Gasteiger partial charge < -0.3 is 14.6 Å². The van der Waals surface area contributed by atoms with Crippen molar-refractivity contribution < 1.29 is 9.21 Å². The third-order valence-electron chi connectivity index (χ3n) is 4.13. The average Bonchev–Trinajstić information content (AvgIpc) is 3.26. The van der Waals surface area contributed by atoms with Crippen molar-refractivity contribution >= 4 is 17.4 Å². The smallest absolute Gasteiger partial charge is 0.317 e. The Bertz CT molecular complexity index is 560. The topological polar surface area (TPSA) is 45.5 Å². The maximum Gasteiger partial charge on any atom is 0.317 e. The largest absolute Gasteiger partial charge is 0.472 e. The minimum atomic E-state index is 0.0460. The molecule has 4 nitrogen and oxygen atoms in total. The van der Waals surface area contributed by atoms with Crippen molar-refractivity contribution in [1.29, 1.82) is 0 Å². The van der Waals surface area contributed by atoms with E-state index in [1.165, 1.54) is 17.7 Å². The summed E-state index contributed by atoms with van der Waals surface area (Å²) in [4.78, 5) is 15.8. The van der Waals surface area contributed by atoms with E-state index in [0.29, 0.717) is 12.6 Å². The predicted molar refractivity (Wildman–Crippen MR) is 87.9 cm³/mol. The van der Waals surface area contributed by atoms with Crippen molar-refractivity contribution in [3.63, 3.8) is 0 Å². The van der Waals surface area contributed by atoms with Gasteiger partial charge in [0.25, 0.3) is 0 Å². The molecule has 1 aliphatic rings. The van der Waals surface area contributed by atoms with Crippen molar-refractivity contribution in [2.24, 2.45) is 0 Å². The molecule has 0 aliphatic heterocycles. The van der Waals surface area contributed by atoms with Gasteiger partial charge in [-0.05, 0) is 36.8 Å². The van der Waals surface area contributed by atoms with Crippen LogP contribution in [0.1, 0.15) is 36.1 Å². The standard InChI is InChI=1S/C17H22N2O2S/c20-17(18-15-4-1-2-5-15)19(12-14-8-10-21-13-14)9-7-16-6-3-11-22-16/h3,6,8,10-11,13,15H,1-2,4-5,7,9,12H2,(H,18,20). The van der Waals surface area contributed by atoms with Gasteiger partial charge in [-0.3, -0.25) is 0 Å². The van der Waals surface area contributed by atoms with Crippen LogP contribution in [0.4, 0.5) is 4.79 Å². The van der Waals surface area contributed by atoms with Crippen molar-refractivity contribution in [2.75, 3.05) is 6.54 Å². The zero-order chi connectivity index (χ0) is 15.2. The lowest BCUT2D eigenvalue weighted by molar-refractivity contribution is 0.191. The molecule has 0 bridgehead atoms. The Hall–Kier alpha value is -1.75. The van der Waals surface area contributed by atoms with Crippen LogP contribution in [0.2, 0.25) is 0 Å². The highest BCUT2D eigenvalue weighted by molar-refractivity contribution is 7.09. The minimum absolute atomic E-state index is 0.0460. The van der Waals surface area contributed by atoms with Crippen LogP contribution >= 0.6 is 11.3 Å². The van der Waals surface area contributed by atoms with E-state index in [1.807, 2.05) is 11.0 Å². The summed E-state index contributed by atoms with van der Waals surface area (Å²) in [7, 11) is 0. The molecule has 2 heterocycles. The summed E-state index contributed by atoms with van der Waals surface area (Å²) in [6.07, 6.45) is 8.92. The lowest BCUT2D eigenvalue weighted by Gasteiger charge is -2.24. The number of urea groups is 1. The maximum atomic E-state index is 12.6. The van der Waals surface area contributed by atoms with Crippen molar-refractivity contribution in [3.05, 3.63) is 46.5 Å². The van der Waals surface area contributed by atoms with Gasteiger partial charge >= 0.3 is 6.03 Å². The summed E-state index contributed by atoms with van der Waals surface area (Å²) in [5, 5.41) is 5.26. The van der Waals surface area contributed by atoms with Crippen LogP contribution in [0.25, 0.3) is 0 Å². The summed E-state index contributed by atoms with van der Waals surface area (Å²) in [5.74, 6) is 0. The van der Waals surface area contributed by atoms with Gasteiger partial charge in [0.1, 0.15) is 0 Å². The molecule has 2 amide bonds. The maximum absolute atomic E-state index is 12.6. The number of carbonyl (C=O) groups is 1. The number of nitrogens with zero attached hydrogens (tertiary/aromatic N) is 1. The number of nitrogens with one attached hydrogen (secondary N) is 1. The molecule has 0 spiro atoms. The molecule has 3 rings (SSSR count). The highest BCUT2D eigenvalue weighted by Crippen LogP contribution is 2.18. The van der Waals surface area contributed by atoms with E-state index in [0.717, 1.165) is 31.4 Å². The predicted octanol–water partition coefficient (Wildman–Crippen LogP) is 4.04. The second-order valence-corrected chi connectivity index (χ2v) is 6.85. The first-order chi connectivity index (χ1) is 10.8. The van der Waals surface area contributed by atoms with Crippen LogP contribution in [0.15, 0.2) is 40.5 Å². The molecule has 0 aromatic carbocycles. The summed E-state index contributed by atoms with van der Waals surface area (Å²) in [5.41, 5.74) is 1.03. The Morgan fingerprint density at radius 1 is 1.36 bits per heavy atom. The highest BCUT2D eigenvalue weighted by atomic mass is 32.1. The van der Waals surface area contributed by atoms with Crippen molar-refractivity contribution in [1.82, 2.24) is 10.2 Å². The Labute approximate surface area is 135 Å². The Morgan fingerprint density at radius 3 is 2.91 bits per heavy atom. The third-order valence-corrected chi connectivity index (χ3v) is 5.07. The summed E-state index contributed by atoms with van der Waals surface area (Å²) in [6.45, 7) is 1.32. The van der Waals surface area contributed by atoms with E-state index in [1.54, 1.807) is 23.9 Å². The number of amides is 2. The molecule has 2 aromatic rings. The lowest BCUT2D eigenvalue weighted by atomic mass is 10.2. The number of carbonyl (C=O) groups excluding carboxylic acids is 1. The molecule has 1 N–H and O–H groups in total. The molecule has 0 saturated heterocycles. The molecular weight excluding hydrogens is 296 g/mol. The molecule has 2 aromatic heterocycles. The fourth-order valence-corrected chi connectivity index (χ4v) is 3.59. The zero-order valence-corrected chi connectivity index (χ0v) is 13.5. The third kappa shape index (κ3) is 4.13. The highest BCUT2D eigenvalue weighted by Gasteiger charge is 2.21. The van der Waals surface area contributed by atoms with E-state index < -0.39 is 0 Å². The van der Waals surface area contributed by atoms with E-state index in [4.69, 9.17) is 4.42 Å². The molecule has 5 heteroatoms. The normalized spacial score (nSPS) is 15.1. The average molecular weight is 318 g/mol. The second-order valence-electron chi connectivity index (χ2n) is 5.81. The number of rotatable bonds is 6. The van der Waals surface area contributed by atoms with Gasteiger partial charge in [-0.15, -0.1) is 11.3 Å². The van der Waals surface area contributed by atoms with Crippen LogP contribution in [0.3, 0.4) is 0 Å². The first-order valence-corrected chi connectivity index (χ1v) is 8.78. The van der Waals surface area contributed by atoms with Crippen LogP contribution in [-0.2, 0) is 13.0 Å². The summed E-state index contributed by atoms with van der Waals surface area (Å²) in [6, 6.07) is 6.49. The zero-order valence-electron chi connectivity index (χ0n) is 12.7. The summed E-state index contributed by atoms with van der Waals surface area (Å²) < 4.78 is 5.12. The number of hydrogen-bond acceptors (Lipinski definition) is 3. The molecule has 1 aliphatic carbocycles. The van der Waals surface area contributed by atoms with Gasteiger partial charge in [-0.25, -0.2) is 4.79 Å². The van der Waals surface area contributed by atoms with Crippen LogP contribution in [0.5, 0.6) is 0 Å². The van der Waals surface area contributed by atoms with Gasteiger partial charge in [0, 0.05) is 23.0 Å². The number of furan rings is 1. The summed E-state index contributed by atoms with van der Waals surface area (Å²) >= 11 is 1.74. The molecule has 0 radical (unpaired) electrons. The van der Waals surface area contributed by atoms with Crippen molar-refractivity contribution in [2.45, 2.75) is 44.7 Å². The van der Waals surface area contributed by atoms with Crippen LogP contribution in [-0.4, -0.2) is 23.5 Å². The fraction of sp³-hybridized carbons (Fsp3) is 0.471. The van der Waals surface area contributed by atoms with Crippen LogP contribution in [0, 0.1) is 0 Å². The SMILES string of the molecule is O=C(NC1CCCC1)N(CCc1cccs1)Cc1ccoc1. The molecule has 22 heavy (non-hydrogen) atoms. The van der Waals surface area contributed by atoms with E-state index in [-0.39, 0.29) is 6.03 Å². The van der Waals surface area contributed by atoms with Gasteiger partial charge in [-0.1, -0.05) is 18.9 Å². The van der Waals surface area contributed by atoms with Gasteiger partial charge in [0.2, 0.25) is 0 Å². The van der Waals surface area contributed by atoms with E-state index >= 15 is 0 Å². The molecule has 1 saturated carbocycles. The molecule has 1 fully saturated rings. The van der Waals surface area contributed by atoms with Gasteiger partial charge in [0.15, 0.2) is 0 Å². The van der Waals surface area contributed by atoms with Gasteiger partial charge in [-0.2, -0.15) is 0 Å². The second kappa shape index (κ2) is 7.49. The fourth-order valence-electron chi connectivity index (χ4n) is 2.89. The van der Waals surface area contributed by atoms with Crippen LogP contribution < -0.4 is 5.32 Å². The Morgan fingerprint density at radius 2 is 2.23 bits per heavy atom. The number of thiophene rings is 1. The van der Waals surface area contributed by atoms with E-state index in [9.17, 15) is 4.79 Å². The van der Waals surface area contributed by atoms with Crippen molar-refractivity contribution in [3.8, 4) is 0 Å². The Balaban J connectivity index is 1.60. The van der Waals surface area contributed by atoms with E-state index in [2.05, 4.69) is 22.8 Å². The van der Waals surface area contributed by atoms with Gasteiger partial charge in [0.05, 0.1) is 19.1 Å². The molecule has 118 valence electrons. The molecule has 0 atom stereocenters. The lowest BCUT2D eigenvalue weighted by Crippen LogP contribution is -2.44. The first-order valence-electron chi connectivity index (χ1n) is 7.90.